The van der Waals surface area contributed by atoms with Gasteiger partial charge in [0.2, 0.25) is 0 Å². The Morgan fingerprint density at radius 2 is 2.06 bits per heavy atom. The molecule has 17 heavy (non-hydrogen) atoms. The normalized spacial score (nSPS) is 16.6. The Morgan fingerprint density at radius 1 is 1.35 bits per heavy atom. The highest BCUT2D eigenvalue weighted by Gasteiger charge is 2.23. The Bertz CT molecular complexity index is 392. The van der Waals surface area contributed by atoms with Crippen LogP contribution in [0.3, 0.4) is 0 Å². The second-order valence-electron chi connectivity index (χ2n) is 4.45. The Morgan fingerprint density at radius 3 is 2.71 bits per heavy atom. The summed E-state index contributed by atoms with van der Waals surface area (Å²) in [5, 5.41) is 0. The van der Waals surface area contributed by atoms with Gasteiger partial charge in [-0.25, -0.2) is 9.97 Å². The van der Waals surface area contributed by atoms with Crippen LogP contribution in [0.4, 0.5) is 5.82 Å². The molecule has 0 aliphatic heterocycles. The lowest BCUT2D eigenvalue weighted by atomic mass is 10.0. The van der Waals surface area contributed by atoms with Crippen LogP contribution in [0.15, 0.2) is 4.47 Å². The molecule has 4 nitrogen and oxygen atoms in total. The maximum Gasteiger partial charge on any atom is 0.141 e. The molecule has 0 atom stereocenters. The van der Waals surface area contributed by atoms with Crippen molar-refractivity contribution in [3.63, 3.8) is 0 Å². The predicted molar refractivity (Wildman–Crippen MR) is 70.9 cm³/mol. The molecular weight excluding hydrogens is 282 g/mol. The molecule has 0 spiro atoms. The predicted octanol–water partition coefficient (Wildman–Crippen LogP) is 2.67. The van der Waals surface area contributed by atoms with E-state index in [0.29, 0.717) is 24.8 Å². The molecule has 0 aromatic carbocycles. The number of hydrogen-bond donors (Lipinski definition) is 1. The van der Waals surface area contributed by atoms with Crippen molar-refractivity contribution < 1.29 is 4.74 Å². The lowest BCUT2D eigenvalue weighted by molar-refractivity contribution is 0.200. The van der Waals surface area contributed by atoms with E-state index in [1.54, 1.807) is 7.11 Å². The zero-order valence-electron chi connectivity index (χ0n) is 10.1. The number of methoxy groups -OCH3 is 1. The van der Waals surface area contributed by atoms with Crippen molar-refractivity contribution in [3.8, 4) is 0 Å². The van der Waals surface area contributed by atoms with E-state index in [9.17, 15) is 0 Å². The highest BCUT2D eigenvalue weighted by molar-refractivity contribution is 9.10. The third kappa shape index (κ3) is 2.96. The van der Waals surface area contributed by atoms with Crippen molar-refractivity contribution in [1.82, 2.24) is 9.97 Å². The molecular formula is C12H18BrN3O. The van der Waals surface area contributed by atoms with Crippen molar-refractivity contribution in [3.05, 3.63) is 16.0 Å². The van der Waals surface area contributed by atoms with Crippen molar-refractivity contribution in [2.24, 2.45) is 0 Å². The lowest BCUT2D eigenvalue weighted by Crippen LogP contribution is -2.09. The van der Waals surface area contributed by atoms with E-state index in [1.165, 1.54) is 25.7 Å². The molecule has 0 bridgehead atoms. The number of hydrogen-bond acceptors (Lipinski definition) is 4. The number of rotatable bonds is 4. The van der Waals surface area contributed by atoms with Gasteiger partial charge in [-0.1, -0.05) is 12.8 Å². The molecule has 1 fully saturated rings. The van der Waals surface area contributed by atoms with Crippen LogP contribution in [0.5, 0.6) is 0 Å². The van der Waals surface area contributed by atoms with Gasteiger partial charge in [-0.05, 0) is 28.8 Å². The highest BCUT2D eigenvalue weighted by Crippen LogP contribution is 2.37. The van der Waals surface area contributed by atoms with E-state index < -0.39 is 0 Å². The van der Waals surface area contributed by atoms with Crippen LogP contribution >= 0.6 is 15.9 Å². The Kier molecular flexibility index (Phi) is 4.34. The van der Waals surface area contributed by atoms with E-state index in [2.05, 4.69) is 25.9 Å². The second kappa shape index (κ2) is 5.78. The van der Waals surface area contributed by atoms with Gasteiger partial charge in [-0.3, -0.25) is 0 Å². The molecule has 1 aliphatic rings. The Labute approximate surface area is 110 Å². The first-order valence-corrected chi connectivity index (χ1v) is 6.82. The molecule has 5 heteroatoms. The van der Waals surface area contributed by atoms with Crippen LogP contribution in [0, 0.1) is 0 Å². The number of anilines is 1. The fourth-order valence-corrected chi connectivity index (χ4v) is 2.81. The zero-order chi connectivity index (χ0) is 12.3. The molecule has 2 rings (SSSR count). The first-order valence-electron chi connectivity index (χ1n) is 6.03. The highest BCUT2D eigenvalue weighted by atomic mass is 79.9. The molecule has 2 N–H and O–H groups in total. The van der Waals surface area contributed by atoms with Crippen LogP contribution in [0.1, 0.15) is 43.1 Å². The Hall–Kier alpha value is -0.680. The summed E-state index contributed by atoms with van der Waals surface area (Å²) in [4.78, 5) is 8.92. The summed E-state index contributed by atoms with van der Waals surface area (Å²) in [6, 6.07) is 0. The summed E-state index contributed by atoms with van der Waals surface area (Å²) in [5.74, 6) is 1.87. The quantitative estimate of drug-likeness (QED) is 0.928. The summed E-state index contributed by atoms with van der Waals surface area (Å²) in [7, 11) is 1.68. The average Bonchev–Trinajstić information content (AvgIpc) is 2.84. The summed E-state index contributed by atoms with van der Waals surface area (Å²) in [6.07, 6.45) is 5.70. The van der Waals surface area contributed by atoms with Gasteiger partial charge >= 0.3 is 0 Å². The number of halogens is 1. The van der Waals surface area contributed by atoms with Crippen LogP contribution in [0.25, 0.3) is 0 Å². The van der Waals surface area contributed by atoms with Gasteiger partial charge in [0.15, 0.2) is 0 Å². The average molecular weight is 300 g/mol. The molecule has 1 aromatic heterocycles. The summed E-state index contributed by atoms with van der Waals surface area (Å²) in [6.45, 7) is 0.630. The minimum atomic E-state index is 0.538. The third-order valence-corrected chi connectivity index (χ3v) is 4.03. The maximum absolute atomic E-state index is 5.92. The van der Waals surface area contributed by atoms with Gasteiger partial charge in [0.1, 0.15) is 11.6 Å². The minimum Gasteiger partial charge on any atom is -0.384 e. The number of nitrogens with zero attached hydrogens (tertiary/aromatic N) is 2. The fraction of sp³-hybridized carbons (Fsp3) is 0.667. The van der Waals surface area contributed by atoms with Gasteiger partial charge in [0.25, 0.3) is 0 Å². The fourth-order valence-electron chi connectivity index (χ4n) is 2.31. The molecule has 0 unspecified atom stereocenters. The van der Waals surface area contributed by atoms with E-state index in [0.717, 1.165) is 16.0 Å². The Balaban J connectivity index is 2.25. The number of aromatic nitrogens is 2. The lowest BCUT2D eigenvalue weighted by Gasteiger charge is -2.13. The van der Waals surface area contributed by atoms with E-state index in [1.807, 2.05) is 0 Å². The summed E-state index contributed by atoms with van der Waals surface area (Å²) >= 11 is 3.51. The van der Waals surface area contributed by atoms with Gasteiger partial charge in [0, 0.05) is 19.4 Å². The minimum absolute atomic E-state index is 0.538. The van der Waals surface area contributed by atoms with Crippen LogP contribution in [0.2, 0.25) is 0 Å². The molecule has 0 amide bonds. The zero-order valence-corrected chi connectivity index (χ0v) is 11.7. The van der Waals surface area contributed by atoms with E-state index in [-0.39, 0.29) is 0 Å². The number of ether oxygens (including phenoxy) is 1. The van der Waals surface area contributed by atoms with Crippen molar-refractivity contribution in [2.75, 3.05) is 19.5 Å². The van der Waals surface area contributed by atoms with E-state index >= 15 is 0 Å². The van der Waals surface area contributed by atoms with Crippen LogP contribution in [-0.4, -0.2) is 23.7 Å². The van der Waals surface area contributed by atoms with Crippen molar-refractivity contribution in [2.45, 2.75) is 38.0 Å². The smallest absolute Gasteiger partial charge is 0.141 e. The van der Waals surface area contributed by atoms with Crippen molar-refractivity contribution in [1.29, 1.82) is 0 Å². The number of nitrogens with two attached hydrogens (primary N) is 1. The van der Waals surface area contributed by atoms with Crippen molar-refractivity contribution >= 4 is 21.7 Å². The summed E-state index contributed by atoms with van der Waals surface area (Å²) in [5.41, 5.74) is 7.01. The SMILES string of the molecule is COCCc1nc(N)c(Br)c(C2CCCC2)n1. The second-order valence-corrected chi connectivity index (χ2v) is 5.24. The van der Waals surface area contributed by atoms with E-state index in [4.69, 9.17) is 10.5 Å². The number of nitrogen functional groups attached to an aromatic ring is 1. The standard InChI is InChI=1S/C12H18BrN3O/c1-17-7-6-9-15-11(8-4-2-3-5-8)10(13)12(14)16-9/h8H,2-7H2,1H3,(H2,14,15,16). The van der Waals surface area contributed by atoms with Gasteiger partial charge in [-0.15, -0.1) is 0 Å². The first kappa shape index (κ1) is 12.8. The first-order chi connectivity index (χ1) is 8.22. The van der Waals surface area contributed by atoms with Gasteiger partial charge in [-0.2, -0.15) is 0 Å². The summed E-state index contributed by atoms with van der Waals surface area (Å²) < 4.78 is 5.93. The van der Waals surface area contributed by atoms with Gasteiger partial charge < -0.3 is 10.5 Å². The molecule has 0 radical (unpaired) electrons. The molecule has 1 aliphatic carbocycles. The molecule has 1 heterocycles. The molecule has 1 saturated carbocycles. The van der Waals surface area contributed by atoms with Crippen LogP contribution < -0.4 is 5.73 Å². The van der Waals surface area contributed by atoms with Gasteiger partial charge in [0.05, 0.1) is 16.8 Å². The molecule has 0 saturated heterocycles. The molecule has 1 aromatic rings. The molecule has 94 valence electrons. The topological polar surface area (TPSA) is 61.0 Å². The van der Waals surface area contributed by atoms with Crippen LogP contribution in [-0.2, 0) is 11.2 Å². The maximum atomic E-state index is 5.92. The monoisotopic (exact) mass is 299 g/mol. The largest absolute Gasteiger partial charge is 0.384 e. The third-order valence-electron chi connectivity index (χ3n) is 3.22.